The van der Waals surface area contributed by atoms with Crippen molar-refractivity contribution in [3.8, 4) is 0 Å². The second-order valence-electron chi connectivity index (χ2n) is 10.1. The molecule has 0 aromatic heterocycles. The first-order chi connectivity index (χ1) is 13.3. The normalized spacial score (nSPS) is 46.2. The Hall–Kier alpha value is -1.42. The van der Waals surface area contributed by atoms with E-state index in [4.69, 9.17) is 4.74 Å². The second kappa shape index (κ2) is 6.55. The minimum Gasteiger partial charge on any atom is -0.481 e. The van der Waals surface area contributed by atoms with Gasteiger partial charge < -0.3 is 14.6 Å². The van der Waals surface area contributed by atoms with Gasteiger partial charge in [-0.3, -0.25) is 4.79 Å². The zero-order valence-electron chi connectivity index (χ0n) is 17.6. The summed E-state index contributed by atoms with van der Waals surface area (Å²) in [5.41, 5.74) is -1.41. The SMILES string of the molecule is C/C=C\COCC12CC3C(C)CCC3C3(C=O)CC1C=C(C(C)C)C32C(=O)O. The molecule has 0 aromatic carbocycles. The lowest BCUT2D eigenvalue weighted by Gasteiger charge is -2.58. The van der Waals surface area contributed by atoms with Crippen molar-refractivity contribution < 1.29 is 19.4 Å². The van der Waals surface area contributed by atoms with E-state index in [1.54, 1.807) is 0 Å². The van der Waals surface area contributed by atoms with Crippen molar-refractivity contribution in [3.05, 3.63) is 23.8 Å². The molecule has 4 aliphatic rings. The van der Waals surface area contributed by atoms with Crippen LogP contribution in [-0.4, -0.2) is 30.6 Å². The molecule has 3 saturated carbocycles. The Kier molecular flexibility index (Phi) is 4.65. The average molecular weight is 387 g/mol. The number of carboxylic acid groups (broad SMARTS) is 1. The molecular formula is C24H34O4. The fraction of sp³-hybridized carbons (Fsp3) is 0.750. The summed E-state index contributed by atoms with van der Waals surface area (Å²) in [5, 5.41) is 10.8. The van der Waals surface area contributed by atoms with Crippen molar-refractivity contribution in [1.29, 1.82) is 0 Å². The summed E-state index contributed by atoms with van der Waals surface area (Å²) >= 11 is 0. The van der Waals surface area contributed by atoms with E-state index in [0.717, 1.165) is 31.1 Å². The van der Waals surface area contributed by atoms with Gasteiger partial charge in [-0.05, 0) is 55.8 Å². The molecule has 4 heteroatoms. The summed E-state index contributed by atoms with van der Waals surface area (Å²) in [6.45, 7) is 9.32. The molecule has 7 unspecified atom stereocenters. The monoisotopic (exact) mass is 386 g/mol. The van der Waals surface area contributed by atoms with Crippen LogP contribution in [0, 0.1) is 45.8 Å². The molecular weight excluding hydrogens is 352 g/mol. The molecule has 4 rings (SSSR count). The van der Waals surface area contributed by atoms with E-state index in [1.165, 1.54) is 0 Å². The van der Waals surface area contributed by atoms with E-state index in [2.05, 4.69) is 26.8 Å². The Balaban J connectivity index is 1.90. The van der Waals surface area contributed by atoms with Crippen LogP contribution in [0.1, 0.15) is 53.4 Å². The fourth-order valence-corrected chi connectivity index (χ4v) is 8.04. The third-order valence-electron chi connectivity index (χ3n) is 8.93. The molecule has 4 aliphatic carbocycles. The van der Waals surface area contributed by atoms with Gasteiger partial charge in [-0.25, -0.2) is 0 Å². The Morgan fingerprint density at radius 1 is 1.36 bits per heavy atom. The number of allylic oxidation sites excluding steroid dienone is 2. The molecule has 4 nitrogen and oxygen atoms in total. The third kappa shape index (κ3) is 2.05. The number of carbonyl (C=O) groups is 2. The summed E-state index contributed by atoms with van der Waals surface area (Å²) in [5.74, 6) is 0.596. The van der Waals surface area contributed by atoms with Gasteiger partial charge in [0.15, 0.2) is 0 Å². The molecule has 0 heterocycles. The number of fused-ring (bicyclic) bond motifs is 2. The molecule has 0 amide bonds. The van der Waals surface area contributed by atoms with Gasteiger partial charge in [0.2, 0.25) is 0 Å². The van der Waals surface area contributed by atoms with Crippen LogP contribution < -0.4 is 0 Å². The highest BCUT2D eigenvalue weighted by molar-refractivity contribution is 5.90. The molecule has 28 heavy (non-hydrogen) atoms. The molecule has 0 aliphatic heterocycles. The lowest BCUT2D eigenvalue weighted by molar-refractivity contribution is -0.186. The van der Waals surface area contributed by atoms with Gasteiger partial charge in [-0.2, -0.15) is 0 Å². The van der Waals surface area contributed by atoms with Crippen LogP contribution in [0.5, 0.6) is 0 Å². The maximum absolute atomic E-state index is 13.2. The molecule has 154 valence electrons. The van der Waals surface area contributed by atoms with Gasteiger partial charge in [-0.15, -0.1) is 0 Å². The number of aldehydes is 1. The molecule has 7 atom stereocenters. The highest BCUT2D eigenvalue weighted by Crippen LogP contribution is 2.82. The summed E-state index contributed by atoms with van der Waals surface area (Å²) in [6.07, 6.45) is 10.9. The maximum atomic E-state index is 13.2. The predicted octanol–water partition coefficient (Wildman–Crippen LogP) is 4.50. The van der Waals surface area contributed by atoms with Gasteiger partial charge >= 0.3 is 5.97 Å². The van der Waals surface area contributed by atoms with Crippen LogP contribution in [-0.2, 0) is 14.3 Å². The summed E-state index contributed by atoms with van der Waals surface area (Å²) in [4.78, 5) is 26.0. The van der Waals surface area contributed by atoms with Gasteiger partial charge in [0, 0.05) is 5.41 Å². The number of aliphatic carboxylic acids is 1. The summed E-state index contributed by atoms with van der Waals surface area (Å²) in [6, 6.07) is 0. The predicted molar refractivity (Wildman–Crippen MR) is 108 cm³/mol. The molecule has 0 radical (unpaired) electrons. The molecule has 3 fully saturated rings. The molecule has 0 spiro atoms. The highest BCUT2D eigenvalue weighted by atomic mass is 16.5. The van der Waals surface area contributed by atoms with Crippen LogP contribution in [0.25, 0.3) is 0 Å². The zero-order valence-corrected chi connectivity index (χ0v) is 17.6. The van der Waals surface area contributed by atoms with Crippen LogP contribution in [0.15, 0.2) is 23.8 Å². The zero-order chi connectivity index (χ0) is 20.3. The highest BCUT2D eigenvalue weighted by Gasteiger charge is 2.84. The quantitative estimate of drug-likeness (QED) is 0.397. The van der Waals surface area contributed by atoms with Crippen molar-refractivity contribution >= 4 is 12.3 Å². The Labute approximate surface area is 168 Å². The molecule has 1 N–H and O–H groups in total. The fourth-order valence-electron chi connectivity index (χ4n) is 8.04. The van der Waals surface area contributed by atoms with Crippen molar-refractivity contribution in [2.24, 2.45) is 45.8 Å². The Morgan fingerprint density at radius 3 is 2.71 bits per heavy atom. The lowest BCUT2D eigenvalue weighted by atomic mass is 9.43. The van der Waals surface area contributed by atoms with Gasteiger partial charge in [0.05, 0.1) is 18.6 Å². The summed E-state index contributed by atoms with van der Waals surface area (Å²) < 4.78 is 6.09. The number of hydrogen-bond donors (Lipinski definition) is 1. The minimum atomic E-state index is -1.11. The van der Waals surface area contributed by atoms with E-state index in [1.807, 2.05) is 19.1 Å². The first-order valence-corrected chi connectivity index (χ1v) is 10.9. The van der Waals surface area contributed by atoms with Gasteiger partial charge in [0.25, 0.3) is 0 Å². The molecule has 0 saturated heterocycles. The number of rotatable bonds is 7. The van der Waals surface area contributed by atoms with Crippen LogP contribution in [0.4, 0.5) is 0 Å². The standard InChI is InChI=1S/C24H34O4/c1-5-6-9-28-14-23-12-18-16(4)7-8-19(18)22(13-25)11-17(23)10-20(15(2)3)24(22,23)21(26)27/h5-6,10,13,15-19H,7-9,11-12,14H2,1-4H3,(H,26,27)/b6-5-. The van der Waals surface area contributed by atoms with Crippen molar-refractivity contribution in [2.75, 3.05) is 13.2 Å². The number of carbonyl (C=O) groups excluding carboxylic acids is 1. The lowest BCUT2D eigenvalue weighted by Crippen LogP contribution is -2.63. The van der Waals surface area contributed by atoms with Crippen LogP contribution in [0.3, 0.4) is 0 Å². The van der Waals surface area contributed by atoms with Crippen molar-refractivity contribution in [3.63, 3.8) is 0 Å². The Bertz CT molecular complexity index is 737. The van der Waals surface area contributed by atoms with E-state index >= 15 is 0 Å². The van der Waals surface area contributed by atoms with E-state index in [0.29, 0.717) is 31.5 Å². The van der Waals surface area contributed by atoms with Crippen molar-refractivity contribution in [2.45, 2.75) is 53.4 Å². The topological polar surface area (TPSA) is 63.6 Å². The van der Waals surface area contributed by atoms with Crippen LogP contribution >= 0.6 is 0 Å². The largest absolute Gasteiger partial charge is 0.481 e. The number of carboxylic acids is 1. The van der Waals surface area contributed by atoms with Gasteiger partial charge in [-0.1, -0.05) is 51.0 Å². The maximum Gasteiger partial charge on any atom is 0.315 e. The first kappa shape index (κ1) is 19.9. The summed E-state index contributed by atoms with van der Waals surface area (Å²) in [7, 11) is 0. The minimum absolute atomic E-state index is 0.117. The van der Waals surface area contributed by atoms with E-state index in [-0.39, 0.29) is 17.8 Å². The first-order valence-electron chi connectivity index (χ1n) is 10.9. The number of ether oxygens (including phenoxy) is 1. The van der Waals surface area contributed by atoms with Crippen molar-refractivity contribution in [1.82, 2.24) is 0 Å². The van der Waals surface area contributed by atoms with Gasteiger partial charge in [0.1, 0.15) is 11.7 Å². The average Bonchev–Trinajstić information content (AvgIpc) is 3.22. The molecule has 0 aromatic rings. The number of hydrogen-bond acceptors (Lipinski definition) is 3. The molecule has 4 bridgehead atoms. The van der Waals surface area contributed by atoms with E-state index < -0.39 is 22.2 Å². The van der Waals surface area contributed by atoms with E-state index in [9.17, 15) is 14.7 Å². The smallest absolute Gasteiger partial charge is 0.315 e. The third-order valence-corrected chi connectivity index (χ3v) is 8.93. The van der Waals surface area contributed by atoms with Crippen LogP contribution in [0.2, 0.25) is 0 Å². The second-order valence-corrected chi connectivity index (χ2v) is 10.1. The Morgan fingerprint density at radius 2 is 2.11 bits per heavy atom.